The van der Waals surface area contributed by atoms with Crippen LogP contribution in [0.1, 0.15) is 21.5 Å². The number of carbonyl (C=O) groups excluding carboxylic acids is 2. The van der Waals surface area contributed by atoms with Gasteiger partial charge in [-0.15, -0.1) is 0 Å². The number of methoxy groups -OCH3 is 1. The third-order valence-corrected chi connectivity index (χ3v) is 4.79. The summed E-state index contributed by atoms with van der Waals surface area (Å²) in [6.45, 7) is 1.81. The standard InChI is InChI=1S/C24H21BrN2O5/c1-16-3-10-20(11-4-16)31-15-23(28)27-26-14-17-5-12-21(22(13-17)30-2)32-24(29)18-6-8-19(25)9-7-18/h3-14H,15H2,1-2H3,(H,27,28)/b26-14+. The zero-order valence-electron chi connectivity index (χ0n) is 17.5. The minimum Gasteiger partial charge on any atom is -0.493 e. The van der Waals surface area contributed by atoms with Crippen molar-refractivity contribution in [1.82, 2.24) is 5.43 Å². The number of nitrogens with one attached hydrogen (secondary N) is 1. The molecule has 3 rings (SSSR count). The van der Waals surface area contributed by atoms with E-state index in [0.717, 1.165) is 10.0 Å². The van der Waals surface area contributed by atoms with E-state index in [2.05, 4.69) is 26.5 Å². The van der Waals surface area contributed by atoms with Crippen LogP contribution in [0.25, 0.3) is 0 Å². The highest BCUT2D eigenvalue weighted by atomic mass is 79.9. The van der Waals surface area contributed by atoms with Crippen molar-refractivity contribution in [2.75, 3.05) is 13.7 Å². The van der Waals surface area contributed by atoms with Gasteiger partial charge < -0.3 is 14.2 Å². The highest BCUT2D eigenvalue weighted by Gasteiger charge is 2.13. The third kappa shape index (κ3) is 6.68. The van der Waals surface area contributed by atoms with Crippen LogP contribution in [0.4, 0.5) is 0 Å². The summed E-state index contributed by atoms with van der Waals surface area (Å²) in [7, 11) is 1.47. The Kier molecular flexibility index (Phi) is 7.99. The molecule has 0 saturated carbocycles. The first-order valence-corrected chi connectivity index (χ1v) is 10.4. The molecule has 0 fully saturated rings. The highest BCUT2D eigenvalue weighted by Crippen LogP contribution is 2.28. The van der Waals surface area contributed by atoms with Crippen LogP contribution in [-0.4, -0.2) is 31.8 Å². The molecule has 0 aliphatic carbocycles. The minimum atomic E-state index is -0.502. The van der Waals surface area contributed by atoms with Crippen molar-refractivity contribution in [2.45, 2.75) is 6.92 Å². The summed E-state index contributed by atoms with van der Waals surface area (Å²) in [5.74, 6) is 0.334. The maximum absolute atomic E-state index is 12.3. The van der Waals surface area contributed by atoms with E-state index < -0.39 is 11.9 Å². The van der Waals surface area contributed by atoms with Gasteiger partial charge in [-0.1, -0.05) is 33.6 Å². The predicted molar refractivity (Wildman–Crippen MR) is 125 cm³/mol. The van der Waals surface area contributed by atoms with Gasteiger partial charge in [0.05, 0.1) is 18.9 Å². The van der Waals surface area contributed by atoms with E-state index in [1.165, 1.54) is 13.3 Å². The molecule has 7 nitrogen and oxygen atoms in total. The molecule has 164 valence electrons. The summed E-state index contributed by atoms with van der Waals surface area (Å²) in [5.41, 5.74) is 4.56. The van der Waals surface area contributed by atoms with Crippen molar-refractivity contribution >= 4 is 34.0 Å². The number of hydrazone groups is 1. The maximum atomic E-state index is 12.3. The molecule has 0 atom stereocenters. The number of rotatable bonds is 8. The van der Waals surface area contributed by atoms with E-state index >= 15 is 0 Å². The zero-order valence-corrected chi connectivity index (χ0v) is 19.1. The van der Waals surface area contributed by atoms with Gasteiger partial charge in [0.25, 0.3) is 5.91 Å². The summed E-state index contributed by atoms with van der Waals surface area (Å²) in [5, 5.41) is 3.92. The average Bonchev–Trinajstić information content (AvgIpc) is 2.80. The lowest BCUT2D eigenvalue weighted by molar-refractivity contribution is -0.123. The molecule has 32 heavy (non-hydrogen) atoms. The number of nitrogens with zero attached hydrogens (tertiary/aromatic N) is 1. The summed E-state index contributed by atoms with van der Waals surface area (Å²) >= 11 is 3.33. The van der Waals surface area contributed by atoms with E-state index in [1.54, 1.807) is 54.6 Å². The van der Waals surface area contributed by atoms with Gasteiger partial charge in [0.1, 0.15) is 5.75 Å². The lowest BCUT2D eigenvalue weighted by Crippen LogP contribution is -2.24. The van der Waals surface area contributed by atoms with Gasteiger partial charge >= 0.3 is 5.97 Å². The van der Waals surface area contributed by atoms with Crippen LogP contribution < -0.4 is 19.6 Å². The van der Waals surface area contributed by atoms with Crippen molar-refractivity contribution < 1.29 is 23.8 Å². The molecule has 0 aromatic heterocycles. The fourth-order valence-corrected chi connectivity index (χ4v) is 2.85. The predicted octanol–water partition coefficient (Wildman–Crippen LogP) is 4.51. The van der Waals surface area contributed by atoms with Gasteiger partial charge in [0.15, 0.2) is 18.1 Å². The molecule has 0 aliphatic heterocycles. The molecule has 0 aliphatic rings. The van der Waals surface area contributed by atoms with Gasteiger partial charge in [-0.3, -0.25) is 4.79 Å². The van der Waals surface area contributed by atoms with Crippen molar-refractivity contribution in [3.8, 4) is 17.2 Å². The number of ether oxygens (including phenoxy) is 3. The fraction of sp³-hybridized carbons (Fsp3) is 0.125. The molecule has 1 N–H and O–H groups in total. The van der Waals surface area contributed by atoms with Gasteiger partial charge in [-0.2, -0.15) is 5.10 Å². The lowest BCUT2D eigenvalue weighted by atomic mass is 10.2. The Balaban J connectivity index is 1.55. The molecule has 0 heterocycles. The van der Waals surface area contributed by atoms with Gasteiger partial charge in [-0.25, -0.2) is 10.2 Å². The Morgan fingerprint density at radius 1 is 1.00 bits per heavy atom. The van der Waals surface area contributed by atoms with Crippen LogP contribution in [0, 0.1) is 6.92 Å². The Bertz CT molecular complexity index is 1110. The van der Waals surface area contributed by atoms with E-state index in [4.69, 9.17) is 14.2 Å². The molecule has 0 bridgehead atoms. The number of hydrogen-bond acceptors (Lipinski definition) is 6. The molecule has 0 unspecified atom stereocenters. The Morgan fingerprint density at radius 3 is 2.41 bits per heavy atom. The second kappa shape index (κ2) is 11.1. The molecule has 1 amide bonds. The third-order valence-electron chi connectivity index (χ3n) is 4.26. The van der Waals surface area contributed by atoms with Crippen molar-refractivity contribution in [3.05, 3.63) is 87.9 Å². The molecule has 8 heteroatoms. The number of carbonyl (C=O) groups is 2. The lowest BCUT2D eigenvalue weighted by Gasteiger charge is -2.10. The van der Waals surface area contributed by atoms with Crippen LogP contribution in [-0.2, 0) is 4.79 Å². The molecule has 3 aromatic carbocycles. The van der Waals surface area contributed by atoms with Crippen LogP contribution >= 0.6 is 15.9 Å². The van der Waals surface area contributed by atoms with Crippen LogP contribution in [0.5, 0.6) is 17.2 Å². The number of aryl methyl sites for hydroxylation is 1. The molecule has 3 aromatic rings. The number of amides is 1. The van der Waals surface area contributed by atoms with Gasteiger partial charge in [0, 0.05) is 4.47 Å². The summed E-state index contributed by atoms with van der Waals surface area (Å²) in [6, 6.07) is 19.1. The van der Waals surface area contributed by atoms with Crippen LogP contribution in [0.2, 0.25) is 0 Å². The fourth-order valence-electron chi connectivity index (χ4n) is 2.59. The molecule has 0 saturated heterocycles. The average molecular weight is 497 g/mol. The Hall–Kier alpha value is -3.65. The normalized spacial score (nSPS) is 10.6. The van der Waals surface area contributed by atoms with E-state index in [9.17, 15) is 9.59 Å². The maximum Gasteiger partial charge on any atom is 0.343 e. The van der Waals surface area contributed by atoms with Crippen molar-refractivity contribution in [3.63, 3.8) is 0 Å². The number of esters is 1. The largest absolute Gasteiger partial charge is 0.493 e. The second-order valence-electron chi connectivity index (χ2n) is 6.70. The number of hydrogen-bond donors (Lipinski definition) is 1. The summed E-state index contributed by atoms with van der Waals surface area (Å²) in [4.78, 5) is 24.2. The quantitative estimate of drug-likeness (QED) is 0.214. The van der Waals surface area contributed by atoms with E-state index in [1.807, 2.05) is 19.1 Å². The first kappa shape index (κ1) is 23.0. The summed E-state index contributed by atoms with van der Waals surface area (Å²) < 4.78 is 17.0. The first-order chi connectivity index (χ1) is 15.4. The molecule has 0 spiro atoms. The van der Waals surface area contributed by atoms with E-state index in [-0.39, 0.29) is 12.4 Å². The first-order valence-electron chi connectivity index (χ1n) is 9.62. The van der Waals surface area contributed by atoms with Crippen molar-refractivity contribution in [1.29, 1.82) is 0 Å². The molecular weight excluding hydrogens is 476 g/mol. The minimum absolute atomic E-state index is 0.158. The Labute approximate surface area is 194 Å². The van der Waals surface area contributed by atoms with Crippen molar-refractivity contribution in [2.24, 2.45) is 5.10 Å². The van der Waals surface area contributed by atoms with Crippen LogP contribution in [0.15, 0.2) is 76.3 Å². The van der Waals surface area contributed by atoms with Gasteiger partial charge in [0.2, 0.25) is 0 Å². The Morgan fingerprint density at radius 2 is 1.72 bits per heavy atom. The number of benzene rings is 3. The smallest absolute Gasteiger partial charge is 0.343 e. The summed E-state index contributed by atoms with van der Waals surface area (Å²) in [6.07, 6.45) is 1.45. The SMILES string of the molecule is COc1cc(/C=N/NC(=O)COc2ccc(C)cc2)ccc1OC(=O)c1ccc(Br)cc1. The molecular formula is C24H21BrN2O5. The monoisotopic (exact) mass is 496 g/mol. The zero-order chi connectivity index (χ0) is 22.9. The second-order valence-corrected chi connectivity index (χ2v) is 7.62. The number of halogens is 1. The van der Waals surface area contributed by atoms with Gasteiger partial charge in [-0.05, 0) is 67.1 Å². The van der Waals surface area contributed by atoms with Crippen LogP contribution in [0.3, 0.4) is 0 Å². The van der Waals surface area contributed by atoms with E-state index in [0.29, 0.717) is 22.6 Å². The highest BCUT2D eigenvalue weighted by molar-refractivity contribution is 9.10. The topological polar surface area (TPSA) is 86.2 Å². The molecule has 0 radical (unpaired) electrons.